The van der Waals surface area contributed by atoms with E-state index >= 15 is 0 Å². The summed E-state index contributed by atoms with van der Waals surface area (Å²) in [6.07, 6.45) is 2.91. The highest BCUT2D eigenvalue weighted by Crippen LogP contribution is 2.13. The van der Waals surface area contributed by atoms with E-state index in [2.05, 4.69) is 6.07 Å². The molecule has 0 radical (unpaired) electrons. The SMILES string of the molecule is CC(C)(N)CCC(=O)CCc1cccs1. The molecule has 0 aromatic carbocycles. The molecule has 0 saturated heterocycles. The van der Waals surface area contributed by atoms with Gasteiger partial charge in [0.05, 0.1) is 0 Å². The molecule has 0 fully saturated rings. The minimum Gasteiger partial charge on any atom is -0.326 e. The number of hydrogen-bond acceptors (Lipinski definition) is 3. The van der Waals surface area contributed by atoms with E-state index in [0.29, 0.717) is 18.6 Å². The van der Waals surface area contributed by atoms with Gasteiger partial charge in [-0.3, -0.25) is 4.79 Å². The van der Waals surface area contributed by atoms with Crippen LogP contribution < -0.4 is 5.73 Å². The lowest BCUT2D eigenvalue weighted by Crippen LogP contribution is -2.32. The van der Waals surface area contributed by atoms with Crippen molar-refractivity contribution < 1.29 is 4.79 Å². The molecule has 1 aromatic heterocycles. The molecule has 15 heavy (non-hydrogen) atoms. The molecule has 1 rings (SSSR count). The number of rotatable bonds is 6. The average molecular weight is 225 g/mol. The first-order valence-corrected chi connectivity index (χ1v) is 6.18. The molecule has 1 heterocycles. The zero-order valence-corrected chi connectivity index (χ0v) is 10.3. The Morgan fingerprint density at radius 3 is 2.73 bits per heavy atom. The zero-order chi connectivity index (χ0) is 11.3. The van der Waals surface area contributed by atoms with E-state index in [1.165, 1.54) is 4.88 Å². The molecule has 0 amide bonds. The molecule has 0 aliphatic rings. The molecule has 0 spiro atoms. The monoisotopic (exact) mass is 225 g/mol. The molecule has 0 unspecified atom stereocenters. The number of Topliss-reactive ketones (excluding diaryl/α,β-unsaturated/α-hetero) is 1. The molecule has 2 nitrogen and oxygen atoms in total. The number of carbonyl (C=O) groups excluding carboxylic acids is 1. The maximum Gasteiger partial charge on any atom is 0.133 e. The molecule has 0 saturated carbocycles. The first kappa shape index (κ1) is 12.4. The summed E-state index contributed by atoms with van der Waals surface area (Å²) in [5.74, 6) is 0.321. The van der Waals surface area contributed by atoms with Gasteiger partial charge in [-0.1, -0.05) is 6.07 Å². The summed E-state index contributed by atoms with van der Waals surface area (Å²) in [6.45, 7) is 3.92. The summed E-state index contributed by atoms with van der Waals surface area (Å²) < 4.78 is 0. The van der Waals surface area contributed by atoms with Gasteiger partial charge in [-0.15, -0.1) is 11.3 Å². The highest BCUT2D eigenvalue weighted by Gasteiger charge is 2.13. The molecule has 0 bridgehead atoms. The number of aryl methyl sites for hydroxylation is 1. The predicted molar refractivity (Wildman–Crippen MR) is 65.1 cm³/mol. The van der Waals surface area contributed by atoms with E-state index in [-0.39, 0.29) is 5.54 Å². The lowest BCUT2D eigenvalue weighted by molar-refractivity contribution is -0.119. The van der Waals surface area contributed by atoms with E-state index in [1.54, 1.807) is 11.3 Å². The van der Waals surface area contributed by atoms with Crippen LogP contribution in [0.5, 0.6) is 0 Å². The van der Waals surface area contributed by atoms with Gasteiger partial charge < -0.3 is 5.73 Å². The number of carbonyl (C=O) groups is 1. The number of thiophene rings is 1. The van der Waals surface area contributed by atoms with Gasteiger partial charge in [0, 0.05) is 23.3 Å². The summed E-state index contributed by atoms with van der Waals surface area (Å²) in [4.78, 5) is 12.8. The van der Waals surface area contributed by atoms with Gasteiger partial charge in [0.1, 0.15) is 5.78 Å². The van der Waals surface area contributed by atoms with Gasteiger partial charge in [0.25, 0.3) is 0 Å². The standard InChI is InChI=1S/C12H19NOS/c1-12(2,13)8-7-10(14)5-6-11-4-3-9-15-11/h3-4,9H,5-8,13H2,1-2H3. The van der Waals surface area contributed by atoms with E-state index < -0.39 is 0 Å². The molecular formula is C12H19NOS. The molecule has 0 aliphatic heterocycles. The van der Waals surface area contributed by atoms with Crippen molar-refractivity contribution in [2.75, 3.05) is 0 Å². The minimum absolute atomic E-state index is 0.224. The number of nitrogens with two attached hydrogens (primary N) is 1. The summed E-state index contributed by atoms with van der Waals surface area (Å²) in [7, 11) is 0. The fourth-order valence-corrected chi connectivity index (χ4v) is 2.01. The van der Waals surface area contributed by atoms with Gasteiger partial charge in [-0.25, -0.2) is 0 Å². The maximum absolute atomic E-state index is 11.5. The summed E-state index contributed by atoms with van der Waals surface area (Å²) in [5.41, 5.74) is 5.60. The number of hydrogen-bond donors (Lipinski definition) is 1. The Kier molecular flexibility index (Phi) is 4.48. The molecule has 84 valence electrons. The predicted octanol–water partition coefficient (Wildman–Crippen LogP) is 2.77. The van der Waals surface area contributed by atoms with Crippen LogP contribution in [0.15, 0.2) is 17.5 Å². The van der Waals surface area contributed by atoms with Crippen LogP contribution in [-0.4, -0.2) is 11.3 Å². The van der Waals surface area contributed by atoms with Crippen molar-refractivity contribution in [3.8, 4) is 0 Å². The average Bonchev–Trinajstić information content (AvgIpc) is 2.62. The van der Waals surface area contributed by atoms with Crippen LogP contribution in [0.3, 0.4) is 0 Å². The van der Waals surface area contributed by atoms with Gasteiger partial charge in [-0.05, 0) is 38.1 Å². The second-order valence-electron chi connectivity index (χ2n) is 4.61. The van der Waals surface area contributed by atoms with Crippen molar-refractivity contribution in [1.82, 2.24) is 0 Å². The first-order valence-electron chi connectivity index (χ1n) is 5.30. The Hall–Kier alpha value is -0.670. The van der Waals surface area contributed by atoms with Crippen molar-refractivity contribution in [2.45, 2.75) is 45.1 Å². The summed E-state index contributed by atoms with van der Waals surface area (Å²) in [6, 6.07) is 4.10. The van der Waals surface area contributed by atoms with Crippen LogP contribution in [0.25, 0.3) is 0 Å². The van der Waals surface area contributed by atoms with Gasteiger partial charge in [0.2, 0.25) is 0 Å². The lowest BCUT2D eigenvalue weighted by Gasteiger charge is -2.17. The van der Waals surface area contributed by atoms with Crippen LogP contribution >= 0.6 is 11.3 Å². The van der Waals surface area contributed by atoms with E-state index in [9.17, 15) is 4.79 Å². The summed E-state index contributed by atoms with van der Waals surface area (Å²) >= 11 is 1.71. The Morgan fingerprint density at radius 2 is 2.20 bits per heavy atom. The van der Waals surface area contributed by atoms with Crippen molar-refractivity contribution in [1.29, 1.82) is 0 Å². The van der Waals surface area contributed by atoms with Gasteiger partial charge >= 0.3 is 0 Å². The number of ketones is 1. The zero-order valence-electron chi connectivity index (χ0n) is 9.45. The third-order valence-electron chi connectivity index (χ3n) is 2.28. The highest BCUT2D eigenvalue weighted by molar-refractivity contribution is 7.09. The third-order valence-corrected chi connectivity index (χ3v) is 3.21. The topological polar surface area (TPSA) is 43.1 Å². The molecule has 2 N–H and O–H groups in total. The second kappa shape index (κ2) is 5.42. The Bertz CT molecular complexity index is 298. The van der Waals surface area contributed by atoms with Gasteiger partial charge in [-0.2, -0.15) is 0 Å². The molecule has 0 atom stereocenters. The quantitative estimate of drug-likeness (QED) is 0.809. The Morgan fingerprint density at radius 1 is 1.47 bits per heavy atom. The van der Waals surface area contributed by atoms with Crippen LogP contribution in [0.4, 0.5) is 0 Å². The molecule has 3 heteroatoms. The maximum atomic E-state index is 11.5. The largest absolute Gasteiger partial charge is 0.326 e. The fraction of sp³-hybridized carbons (Fsp3) is 0.583. The molecule has 1 aromatic rings. The Balaban J connectivity index is 2.20. The third kappa shape index (κ3) is 5.70. The van der Waals surface area contributed by atoms with E-state index in [1.807, 2.05) is 25.3 Å². The van der Waals surface area contributed by atoms with Crippen molar-refractivity contribution in [3.63, 3.8) is 0 Å². The normalized spacial score (nSPS) is 11.7. The minimum atomic E-state index is -0.224. The summed E-state index contributed by atoms with van der Waals surface area (Å²) in [5, 5.41) is 2.04. The van der Waals surface area contributed by atoms with Crippen LogP contribution in [0.1, 0.15) is 38.0 Å². The fourth-order valence-electron chi connectivity index (χ4n) is 1.30. The smallest absolute Gasteiger partial charge is 0.133 e. The second-order valence-corrected chi connectivity index (χ2v) is 5.64. The molecular weight excluding hydrogens is 206 g/mol. The van der Waals surface area contributed by atoms with Crippen molar-refractivity contribution in [3.05, 3.63) is 22.4 Å². The highest BCUT2D eigenvalue weighted by atomic mass is 32.1. The van der Waals surface area contributed by atoms with E-state index in [0.717, 1.165) is 12.8 Å². The Labute approximate surface area is 95.5 Å². The van der Waals surface area contributed by atoms with Crippen LogP contribution in [0.2, 0.25) is 0 Å². The lowest BCUT2D eigenvalue weighted by atomic mass is 9.97. The van der Waals surface area contributed by atoms with Gasteiger partial charge in [0.15, 0.2) is 0 Å². The molecule has 0 aliphatic carbocycles. The first-order chi connectivity index (χ1) is 6.97. The van der Waals surface area contributed by atoms with Crippen molar-refractivity contribution in [2.24, 2.45) is 5.73 Å². The van der Waals surface area contributed by atoms with Crippen LogP contribution in [-0.2, 0) is 11.2 Å². The van der Waals surface area contributed by atoms with Crippen LogP contribution in [0, 0.1) is 0 Å². The van der Waals surface area contributed by atoms with E-state index in [4.69, 9.17) is 5.73 Å². The van der Waals surface area contributed by atoms with Crippen molar-refractivity contribution >= 4 is 17.1 Å².